The van der Waals surface area contributed by atoms with Crippen LogP contribution in [-0.2, 0) is 13.8 Å². The minimum absolute atomic E-state index is 1.23. The highest BCUT2D eigenvalue weighted by atomic mass is 35.7. The molecule has 0 aliphatic carbocycles. The highest BCUT2D eigenvalue weighted by Crippen LogP contribution is 2.18. The topological polar surface area (TPSA) is 77.2 Å². The molecule has 1 unspecified atom stereocenters. The molecule has 0 aliphatic rings. The van der Waals surface area contributed by atoms with Crippen molar-refractivity contribution in [1.82, 2.24) is 0 Å². The number of carbonyl (C=O) groups excluding carboxylic acids is 1. The molecule has 0 saturated carbocycles. The number of ketones is 1. The lowest BCUT2D eigenvalue weighted by Crippen LogP contribution is -2.44. The number of rotatable bonds is 3. The van der Waals surface area contributed by atoms with E-state index in [4.69, 9.17) is 0 Å². The van der Waals surface area contributed by atoms with Gasteiger partial charge in [0.15, 0.2) is 0 Å². The molecule has 0 fully saturated rings. The number of hydrogen-bond donors (Lipinski definition) is 1. The Hall–Kier alpha value is -0.340. The monoisotopic (exact) mass is 239 g/mol. The van der Waals surface area contributed by atoms with Crippen molar-refractivity contribution in [3.63, 3.8) is 0 Å². The van der Waals surface area contributed by atoms with E-state index < -0.39 is 32.8 Å². The molecule has 0 aromatic rings. The van der Waals surface area contributed by atoms with Crippen LogP contribution in [0.15, 0.2) is 0 Å². The smallest absolute Gasteiger partial charge is 0.320 e. The Kier molecular flexibility index (Phi) is 3.71. The van der Waals surface area contributed by atoms with Gasteiger partial charge in [0.2, 0.25) is 9.05 Å². The Morgan fingerprint density at radius 2 is 1.85 bits per heavy atom. The lowest BCUT2D eigenvalue weighted by atomic mass is 10.2. The van der Waals surface area contributed by atoms with E-state index in [1.54, 1.807) is 0 Å². The van der Waals surface area contributed by atoms with Gasteiger partial charge in [-0.05, 0) is 0 Å². The first kappa shape index (κ1) is 12.7. The first-order chi connectivity index (χ1) is 5.54. The van der Waals surface area contributed by atoms with Gasteiger partial charge in [-0.25, -0.2) is 8.42 Å². The van der Waals surface area contributed by atoms with Gasteiger partial charge in [0.1, 0.15) is 0 Å². The maximum atomic E-state index is 11.6. The molecule has 0 aromatic heterocycles. The summed E-state index contributed by atoms with van der Waals surface area (Å²) in [5.74, 6) is -3.54. The van der Waals surface area contributed by atoms with E-state index in [9.17, 15) is 26.4 Å². The van der Waals surface area contributed by atoms with E-state index in [0.717, 1.165) is 0 Å². The minimum Gasteiger partial charge on any atom is -0.320 e. The maximum absolute atomic E-state index is 11.6. The third-order valence-corrected chi connectivity index (χ3v) is 2.13. The summed E-state index contributed by atoms with van der Waals surface area (Å²) in [6.07, 6.45) is -5.14. The van der Waals surface area contributed by atoms with Crippen molar-refractivity contribution >= 4 is 25.5 Å². The molecule has 78 valence electrons. The van der Waals surface area contributed by atoms with Crippen molar-refractivity contribution in [2.75, 3.05) is 5.75 Å². The van der Waals surface area contributed by atoms with Crippen molar-refractivity contribution in [1.29, 1.82) is 0 Å². The van der Waals surface area contributed by atoms with Gasteiger partial charge in [-0.3, -0.25) is 4.79 Å². The van der Waals surface area contributed by atoms with E-state index in [-0.39, 0.29) is 0 Å². The molecule has 9 heteroatoms. The van der Waals surface area contributed by atoms with Gasteiger partial charge in [-0.15, -0.1) is 0 Å². The van der Waals surface area contributed by atoms with Crippen LogP contribution in [0.1, 0.15) is 0 Å². The van der Waals surface area contributed by atoms with Crippen LogP contribution in [0, 0.1) is 0 Å². The van der Waals surface area contributed by atoms with Crippen molar-refractivity contribution in [2.24, 2.45) is 5.73 Å². The third kappa shape index (κ3) is 5.06. The molecule has 0 radical (unpaired) electrons. The van der Waals surface area contributed by atoms with Crippen LogP contribution >= 0.6 is 10.7 Å². The van der Waals surface area contributed by atoms with Crippen molar-refractivity contribution in [2.45, 2.75) is 12.2 Å². The summed E-state index contributed by atoms with van der Waals surface area (Å²) in [5, 5.41) is 0. The summed E-state index contributed by atoms with van der Waals surface area (Å²) >= 11 is 0. The van der Waals surface area contributed by atoms with Gasteiger partial charge in [0, 0.05) is 10.7 Å². The van der Waals surface area contributed by atoms with Gasteiger partial charge in [-0.1, -0.05) is 0 Å². The van der Waals surface area contributed by atoms with Crippen LogP contribution in [0.25, 0.3) is 0 Å². The predicted octanol–water partition coefficient (Wildman–Crippen LogP) is 0.0137. The molecule has 0 bridgehead atoms. The zero-order chi connectivity index (χ0) is 10.9. The van der Waals surface area contributed by atoms with Gasteiger partial charge >= 0.3 is 6.18 Å². The largest absolute Gasteiger partial charge is 0.451 e. The van der Waals surface area contributed by atoms with Crippen LogP contribution in [0.2, 0.25) is 0 Å². The summed E-state index contributed by atoms with van der Waals surface area (Å²) in [6, 6.07) is -2.16. The summed E-state index contributed by atoms with van der Waals surface area (Å²) in [7, 11) is 0.393. The van der Waals surface area contributed by atoms with E-state index in [2.05, 4.69) is 16.4 Å². The van der Waals surface area contributed by atoms with Crippen LogP contribution in [-0.4, -0.2) is 32.2 Å². The predicted molar refractivity (Wildman–Crippen MR) is 38.7 cm³/mol. The average molecular weight is 240 g/mol. The highest BCUT2D eigenvalue weighted by molar-refractivity contribution is 8.13. The third-order valence-electron chi connectivity index (χ3n) is 0.995. The first-order valence-corrected chi connectivity index (χ1v) is 5.31. The zero-order valence-electron chi connectivity index (χ0n) is 6.01. The second-order valence-corrected chi connectivity index (χ2v) is 5.00. The number of hydrogen-bond acceptors (Lipinski definition) is 4. The van der Waals surface area contributed by atoms with E-state index in [1.165, 1.54) is 0 Å². The molecule has 13 heavy (non-hydrogen) atoms. The van der Waals surface area contributed by atoms with Crippen LogP contribution in [0.5, 0.6) is 0 Å². The van der Waals surface area contributed by atoms with Crippen molar-refractivity contribution < 1.29 is 26.4 Å². The summed E-state index contributed by atoms with van der Waals surface area (Å²) in [6.45, 7) is 0. The fraction of sp³-hybridized carbons (Fsp3) is 0.750. The number of carbonyl (C=O) groups is 1. The number of Topliss-reactive ketones (excluding diaryl/α,β-unsaturated/α-hetero) is 1. The summed E-state index contributed by atoms with van der Waals surface area (Å²) < 4.78 is 55.3. The lowest BCUT2D eigenvalue weighted by molar-refractivity contribution is -0.171. The molecule has 0 spiro atoms. The number of nitrogens with two attached hydrogens (primary N) is 1. The lowest BCUT2D eigenvalue weighted by Gasteiger charge is -2.10. The fourth-order valence-electron chi connectivity index (χ4n) is 0.500. The van der Waals surface area contributed by atoms with Gasteiger partial charge in [0.05, 0.1) is 11.8 Å². The molecule has 1 atom stereocenters. The Morgan fingerprint density at radius 3 is 2.08 bits per heavy atom. The fourth-order valence-corrected chi connectivity index (χ4v) is 1.49. The molecule has 0 heterocycles. The number of halogens is 4. The summed E-state index contributed by atoms with van der Waals surface area (Å²) in [5.41, 5.74) is 4.66. The standard InChI is InChI=1S/C4H5ClF3NO3S/c5-13(11,12)1-2(9)3(10)4(6,7)8/h2H,1,9H2. The Bertz CT molecular complexity index is 298. The van der Waals surface area contributed by atoms with Gasteiger partial charge in [0.25, 0.3) is 5.78 Å². The molecule has 0 rings (SSSR count). The van der Waals surface area contributed by atoms with Gasteiger partial charge < -0.3 is 5.73 Å². The molecule has 4 nitrogen and oxygen atoms in total. The highest BCUT2D eigenvalue weighted by Gasteiger charge is 2.43. The van der Waals surface area contributed by atoms with E-state index >= 15 is 0 Å². The van der Waals surface area contributed by atoms with E-state index in [0.29, 0.717) is 0 Å². The van der Waals surface area contributed by atoms with Crippen molar-refractivity contribution in [3.8, 4) is 0 Å². The Labute approximate surface area is 76.3 Å². The molecule has 2 N–H and O–H groups in total. The second-order valence-electron chi connectivity index (χ2n) is 2.17. The molecule has 0 amide bonds. The Balaban J connectivity index is 4.47. The number of alkyl halides is 3. The minimum atomic E-state index is -5.14. The van der Waals surface area contributed by atoms with Crippen LogP contribution in [0.4, 0.5) is 13.2 Å². The van der Waals surface area contributed by atoms with Crippen molar-refractivity contribution in [3.05, 3.63) is 0 Å². The average Bonchev–Trinajstić information content (AvgIpc) is 1.79. The zero-order valence-corrected chi connectivity index (χ0v) is 7.58. The van der Waals surface area contributed by atoms with Crippen LogP contribution < -0.4 is 5.73 Å². The Morgan fingerprint density at radius 1 is 1.46 bits per heavy atom. The molecule has 0 aliphatic heterocycles. The van der Waals surface area contributed by atoms with Gasteiger partial charge in [-0.2, -0.15) is 13.2 Å². The second kappa shape index (κ2) is 3.81. The van der Waals surface area contributed by atoms with E-state index in [1.807, 2.05) is 0 Å². The quantitative estimate of drug-likeness (QED) is 0.704. The normalized spacial score (nSPS) is 15.5. The molecular weight excluding hydrogens is 235 g/mol. The molecule has 0 saturated heterocycles. The maximum Gasteiger partial charge on any atom is 0.451 e. The SMILES string of the molecule is NC(CS(=O)(=O)Cl)C(=O)C(F)(F)F. The first-order valence-electron chi connectivity index (χ1n) is 2.83. The van der Waals surface area contributed by atoms with Crippen LogP contribution in [0.3, 0.4) is 0 Å². The molecular formula is C4H5ClF3NO3S. The summed E-state index contributed by atoms with van der Waals surface area (Å²) in [4.78, 5) is 10.3. The molecule has 0 aromatic carbocycles.